The average molecular weight is 397 g/mol. The molecular formula is C18H21ClF2N5O+. The van der Waals surface area contributed by atoms with E-state index >= 15 is 0 Å². The Labute approximate surface area is 161 Å². The highest BCUT2D eigenvalue weighted by Crippen LogP contribution is 2.37. The van der Waals surface area contributed by atoms with E-state index in [0.29, 0.717) is 5.82 Å². The van der Waals surface area contributed by atoms with E-state index in [2.05, 4.69) is 41.2 Å². The molecule has 6 nitrogen and oxygen atoms in total. The van der Waals surface area contributed by atoms with E-state index in [1.807, 2.05) is 6.92 Å². The molecule has 0 saturated heterocycles. The number of methoxy groups -OCH3 is 1. The molecule has 0 radical (unpaired) electrons. The van der Waals surface area contributed by atoms with Crippen LogP contribution in [0.15, 0.2) is 33.0 Å². The maximum Gasteiger partial charge on any atom is 0.383 e. The van der Waals surface area contributed by atoms with Crippen molar-refractivity contribution < 1.29 is 17.6 Å². The van der Waals surface area contributed by atoms with Gasteiger partial charge in [0.05, 0.1) is 18.9 Å². The van der Waals surface area contributed by atoms with Crippen molar-refractivity contribution in [2.45, 2.75) is 33.7 Å². The van der Waals surface area contributed by atoms with Gasteiger partial charge in [0.2, 0.25) is 11.8 Å². The SMILES string of the molecule is COc1cc(F)c(C2=C(NC(C)C(C)(C)C)[N+]3(Cl)N=CN=C3N=C2)cc1F. The first kappa shape index (κ1) is 19.4. The summed E-state index contributed by atoms with van der Waals surface area (Å²) in [6.45, 7) is 8.13. The molecule has 0 spiro atoms. The first-order valence-electron chi connectivity index (χ1n) is 8.38. The van der Waals surface area contributed by atoms with Crippen LogP contribution in [0.25, 0.3) is 5.57 Å². The normalized spacial score (nSPS) is 22.6. The van der Waals surface area contributed by atoms with Gasteiger partial charge in [-0.1, -0.05) is 20.8 Å². The van der Waals surface area contributed by atoms with Crippen LogP contribution in [0.1, 0.15) is 33.3 Å². The van der Waals surface area contributed by atoms with Crippen molar-refractivity contribution in [3.05, 3.63) is 35.2 Å². The van der Waals surface area contributed by atoms with E-state index in [-0.39, 0.29) is 34.3 Å². The minimum Gasteiger partial charge on any atom is -0.494 e. The molecule has 9 heteroatoms. The average Bonchev–Trinajstić information content (AvgIpc) is 2.98. The first-order valence-corrected chi connectivity index (χ1v) is 8.71. The number of hydrogen-bond acceptors (Lipinski definition) is 5. The van der Waals surface area contributed by atoms with E-state index in [0.717, 1.165) is 12.1 Å². The molecule has 2 atom stereocenters. The van der Waals surface area contributed by atoms with Crippen LogP contribution in [0, 0.1) is 17.0 Å². The highest BCUT2D eigenvalue weighted by Gasteiger charge is 2.49. The van der Waals surface area contributed by atoms with Crippen LogP contribution >= 0.6 is 11.8 Å². The maximum atomic E-state index is 14.7. The van der Waals surface area contributed by atoms with Gasteiger partial charge in [-0.2, -0.15) is 9.98 Å². The third-order valence-electron chi connectivity index (χ3n) is 4.69. The Balaban J connectivity index is 2.20. The molecule has 0 aliphatic carbocycles. The molecule has 1 N–H and O–H groups in total. The third-order valence-corrected chi connectivity index (χ3v) is 5.10. The number of halogens is 3. The highest BCUT2D eigenvalue weighted by atomic mass is 35.5. The van der Waals surface area contributed by atoms with Gasteiger partial charge in [0.1, 0.15) is 5.82 Å². The van der Waals surface area contributed by atoms with Gasteiger partial charge in [-0.15, -0.1) is 0 Å². The number of quaternary nitrogens is 1. The van der Waals surface area contributed by atoms with Gasteiger partial charge < -0.3 is 10.1 Å². The zero-order chi connectivity index (χ0) is 20.0. The Morgan fingerprint density at radius 3 is 2.56 bits per heavy atom. The van der Waals surface area contributed by atoms with E-state index in [9.17, 15) is 8.78 Å². The molecule has 144 valence electrons. The van der Waals surface area contributed by atoms with Crippen LogP contribution in [0.3, 0.4) is 0 Å². The highest BCUT2D eigenvalue weighted by molar-refractivity contribution is 6.22. The zero-order valence-electron chi connectivity index (χ0n) is 15.7. The van der Waals surface area contributed by atoms with E-state index in [4.69, 9.17) is 16.5 Å². The zero-order valence-corrected chi connectivity index (χ0v) is 16.5. The number of nitrogens with one attached hydrogen (secondary N) is 1. The minimum absolute atomic E-state index is 0.0000378. The smallest absolute Gasteiger partial charge is 0.383 e. The summed E-state index contributed by atoms with van der Waals surface area (Å²) >= 11 is 6.66. The van der Waals surface area contributed by atoms with Gasteiger partial charge in [0.25, 0.3) is 5.82 Å². The van der Waals surface area contributed by atoms with Crippen LogP contribution in [0.5, 0.6) is 5.75 Å². The van der Waals surface area contributed by atoms with Gasteiger partial charge in [0.15, 0.2) is 17.9 Å². The fourth-order valence-corrected chi connectivity index (χ4v) is 2.83. The molecule has 0 amide bonds. The fourth-order valence-electron chi connectivity index (χ4n) is 2.56. The van der Waals surface area contributed by atoms with Crippen LogP contribution in [0.4, 0.5) is 8.78 Å². The topological polar surface area (TPSA) is 58.3 Å². The van der Waals surface area contributed by atoms with Gasteiger partial charge in [-0.3, -0.25) is 0 Å². The summed E-state index contributed by atoms with van der Waals surface area (Å²) in [5.74, 6) is -0.963. The predicted octanol–water partition coefficient (Wildman–Crippen LogP) is 4.03. The lowest BCUT2D eigenvalue weighted by Gasteiger charge is -2.33. The molecule has 2 aliphatic heterocycles. The molecule has 0 fully saturated rings. The minimum atomic E-state index is -0.691. The Morgan fingerprint density at radius 1 is 1.22 bits per heavy atom. The summed E-state index contributed by atoms with van der Waals surface area (Å²) < 4.78 is 33.2. The van der Waals surface area contributed by atoms with Crippen molar-refractivity contribution in [2.75, 3.05) is 7.11 Å². The molecule has 2 aliphatic rings. The molecule has 2 unspecified atom stereocenters. The largest absolute Gasteiger partial charge is 0.494 e. The lowest BCUT2D eigenvalue weighted by atomic mass is 9.88. The van der Waals surface area contributed by atoms with Gasteiger partial charge in [0, 0.05) is 21.8 Å². The second kappa shape index (κ2) is 6.69. The Kier molecular flexibility index (Phi) is 4.81. The van der Waals surface area contributed by atoms with Crippen molar-refractivity contribution in [2.24, 2.45) is 20.5 Å². The van der Waals surface area contributed by atoms with Crippen LogP contribution in [0.2, 0.25) is 0 Å². The van der Waals surface area contributed by atoms with Crippen LogP contribution in [-0.2, 0) is 0 Å². The number of aliphatic imine (C=N–C) groups is 2. The Bertz CT molecular complexity index is 904. The van der Waals surface area contributed by atoms with Crippen LogP contribution in [-0.4, -0.2) is 35.8 Å². The van der Waals surface area contributed by atoms with Gasteiger partial charge in [-0.25, -0.2) is 8.78 Å². The summed E-state index contributed by atoms with van der Waals surface area (Å²) in [7, 11) is 1.28. The number of benzene rings is 1. The van der Waals surface area contributed by atoms with Crippen molar-refractivity contribution in [1.29, 1.82) is 0 Å². The second-order valence-electron chi connectivity index (χ2n) is 7.44. The maximum absolute atomic E-state index is 14.7. The molecule has 1 aromatic rings. The lowest BCUT2D eigenvalue weighted by molar-refractivity contribution is -0.684. The molecule has 0 aromatic heterocycles. The quantitative estimate of drug-likeness (QED) is 0.781. The fraction of sp³-hybridized carbons (Fsp3) is 0.389. The number of nitrogens with zero attached hydrogens (tertiary/aromatic N) is 4. The van der Waals surface area contributed by atoms with E-state index in [1.54, 1.807) is 0 Å². The summed E-state index contributed by atoms with van der Waals surface area (Å²) in [6, 6.07) is 1.99. The first-order chi connectivity index (χ1) is 12.6. The van der Waals surface area contributed by atoms with E-state index < -0.39 is 15.7 Å². The lowest BCUT2D eigenvalue weighted by Crippen LogP contribution is -2.49. The number of ether oxygens (including phenoxy) is 1. The van der Waals surface area contributed by atoms with Crippen molar-refractivity contribution in [1.82, 2.24) is 5.32 Å². The number of allylic oxidation sites excluding steroid dienone is 1. The standard InChI is InChI=1S/C18H21ClF2N5O/c1-10(18(2,3)4)25-16-12(8-22-17-23-9-24-26(16,17)19)11-6-14(21)15(27-5)7-13(11)20/h6-10,25H,1-5H3/q+1. The van der Waals surface area contributed by atoms with Gasteiger partial charge in [-0.05, 0) is 23.5 Å². The summed E-state index contributed by atoms with van der Waals surface area (Å²) in [5, 5.41) is 7.48. The number of guanidine groups is 1. The summed E-state index contributed by atoms with van der Waals surface area (Å²) in [6.07, 6.45) is 2.70. The second-order valence-corrected chi connectivity index (χ2v) is 7.92. The third kappa shape index (κ3) is 3.35. The molecule has 0 bridgehead atoms. The molecule has 2 heterocycles. The van der Waals surface area contributed by atoms with Gasteiger partial charge >= 0.3 is 5.96 Å². The predicted molar refractivity (Wildman–Crippen MR) is 102 cm³/mol. The number of fused-ring (bicyclic) bond motifs is 1. The Morgan fingerprint density at radius 2 is 1.93 bits per heavy atom. The van der Waals surface area contributed by atoms with Crippen LogP contribution < -0.4 is 10.1 Å². The molecule has 1 aromatic carbocycles. The summed E-state index contributed by atoms with van der Waals surface area (Å²) in [5.41, 5.74) is 0.158. The Hall–Kier alpha value is -2.32. The van der Waals surface area contributed by atoms with Crippen molar-refractivity contribution >= 4 is 35.9 Å². The monoisotopic (exact) mass is 396 g/mol. The molecule has 27 heavy (non-hydrogen) atoms. The summed E-state index contributed by atoms with van der Waals surface area (Å²) in [4.78, 5) is 8.23. The number of hydrogen-bond donors (Lipinski definition) is 1. The molecular weight excluding hydrogens is 376 g/mol. The van der Waals surface area contributed by atoms with Crippen molar-refractivity contribution in [3.63, 3.8) is 0 Å². The number of rotatable bonds is 4. The molecule has 3 rings (SSSR count). The van der Waals surface area contributed by atoms with Crippen molar-refractivity contribution in [3.8, 4) is 5.75 Å². The van der Waals surface area contributed by atoms with E-state index in [1.165, 1.54) is 19.7 Å². The molecule has 0 saturated carbocycles.